The number of aryl methyl sites for hydroxylation is 1. The largest absolute Gasteiger partial charge is 0.338 e. The first kappa shape index (κ1) is 12.9. The van der Waals surface area contributed by atoms with Crippen LogP contribution in [0.25, 0.3) is 0 Å². The van der Waals surface area contributed by atoms with Crippen molar-refractivity contribution in [1.29, 1.82) is 0 Å². The second-order valence-corrected chi connectivity index (χ2v) is 6.11. The molecule has 3 rings (SSSR count). The third kappa shape index (κ3) is 2.49. The summed E-state index contributed by atoms with van der Waals surface area (Å²) in [7, 11) is 0. The summed E-state index contributed by atoms with van der Waals surface area (Å²) in [6.07, 6.45) is 1.10. The van der Waals surface area contributed by atoms with Crippen LogP contribution in [0, 0.1) is 18.8 Å². The van der Waals surface area contributed by atoms with Gasteiger partial charge in [0.25, 0.3) is 5.91 Å². The molecule has 102 valence electrons. The van der Waals surface area contributed by atoms with Crippen LogP contribution in [0.2, 0.25) is 5.02 Å². The molecule has 0 aliphatic carbocycles. The summed E-state index contributed by atoms with van der Waals surface area (Å²) in [6, 6.07) is 5.65. The average molecular weight is 279 g/mol. The molecule has 2 heterocycles. The van der Waals surface area contributed by atoms with E-state index in [0.717, 1.165) is 44.1 Å². The number of carbonyl (C=O) groups excluding carboxylic acids is 1. The summed E-state index contributed by atoms with van der Waals surface area (Å²) in [5, 5.41) is 3.98. The number of fused-ring (bicyclic) bond motifs is 1. The molecule has 2 atom stereocenters. The molecule has 4 heteroatoms. The summed E-state index contributed by atoms with van der Waals surface area (Å²) in [4.78, 5) is 14.5. The van der Waals surface area contributed by atoms with Crippen molar-refractivity contribution < 1.29 is 4.79 Å². The molecule has 1 amide bonds. The predicted molar refractivity (Wildman–Crippen MR) is 76.6 cm³/mol. The molecule has 1 N–H and O–H groups in total. The molecule has 3 nitrogen and oxygen atoms in total. The van der Waals surface area contributed by atoms with Crippen LogP contribution in [0.1, 0.15) is 22.3 Å². The fourth-order valence-corrected chi connectivity index (χ4v) is 3.50. The van der Waals surface area contributed by atoms with Crippen molar-refractivity contribution in [2.24, 2.45) is 11.8 Å². The standard InChI is InChI=1S/C15H19ClN2O/c1-10-2-3-13(14(16)6-10)15(19)18-5-4-11-7-17-8-12(11)9-18/h2-3,6,11-12,17H,4-5,7-9H2,1H3. The van der Waals surface area contributed by atoms with Crippen molar-refractivity contribution in [1.82, 2.24) is 10.2 Å². The molecule has 2 fully saturated rings. The molecule has 2 aliphatic rings. The zero-order valence-corrected chi connectivity index (χ0v) is 11.9. The number of piperidine rings is 1. The zero-order valence-electron chi connectivity index (χ0n) is 11.2. The van der Waals surface area contributed by atoms with Crippen molar-refractivity contribution in [3.8, 4) is 0 Å². The molecule has 0 bridgehead atoms. The Morgan fingerprint density at radius 1 is 1.37 bits per heavy atom. The minimum atomic E-state index is 0.0790. The molecule has 19 heavy (non-hydrogen) atoms. The number of rotatable bonds is 1. The third-order valence-electron chi connectivity index (χ3n) is 4.35. The lowest BCUT2D eigenvalue weighted by Crippen LogP contribution is -2.43. The Morgan fingerprint density at radius 2 is 2.16 bits per heavy atom. The fraction of sp³-hybridized carbons (Fsp3) is 0.533. The van der Waals surface area contributed by atoms with Crippen molar-refractivity contribution >= 4 is 17.5 Å². The van der Waals surface area contributed by atoms with E-state index in [0.29, 0.717) is 16.5 Å². The molecule has 2 saturated heterocycles. The van der Waals surface area contributed by atoms with Gasteiger partial charge in [-0.1, -0.05) is 17.7 Å². The fourth-order valence-electron chi connectivity index (χ4n) is 3.18. The van der Waals surface area contributed by atoms with Crippen molar-refractivity contribution in [3.05, 3.63) is 34.3 Å². The van der Waals surface area contributed by atoms with Crippen molar-refractivity contribution in [2.75, 3.05) is 26.2 Å². The topological polar surface area (TPSA) is 32.3 Å². The van der Waals surface area contributed by atoms with E-state index in [4.69, 9.17) is 11.6 Å². The monoisotopic (exact) mass is 278 g/mol. The molecular weight excluding hydrogens is 260 g/mol. The summed E-state index contributed by atoms with van der Waals surface area (Å²) in [6.45, 7) is 5.84. The Morgan fingerprint density at radius 3 is 2.95 bits per heavy atom. The third-order valence-corrected chi connectivity index (χ3v) is 4.66. The van der Waals surface area contributed by atoms with Crippen molar-refractivity contribution in [3.63, 3.8) is 0 Å². The summed E-state index contributed by atoms with van der Waals surface area (Å²) in [5.74, 6) is 1.44. The lowest BCUT2D eigenvalue weighted by Gasteiger charge is -2.34. The quantitative estimate of drug-likeness (QED) is 0.855. The maximum absolute atomic E-state index is 12.5. The first-order valence-corrected chi connectivity index (χ1v) is 7.29. The number of carbonyl (C=O) groups is 1. The lowest BCUT2D eigenvalue weighted by molar-refractivity contribution is 0.0642. The van der Waals surface area contributed by atoms with E-state index in [-0.39, 0.29) is 5.91 Å². The van der Waals surface area contributed by atoms with Crippen LogP contribution in [-0.2, 0) is 0 Å². The van der Waals surface area contributed by atoms with Crippen LogP contribution in [0.4, 0.5) is 0 Å². The molecule has 0 radical (unpaired) electrons. The van der Waals surface area contributed by atoms with Gasteiger partial charge in [-0.15, -0.1) is 0 Å². The number of nitrogens with one attached hydrogen (secondary N) is 1. The SMILES string of the molecule is Cc1ccc(C(=O)N2CCC3CNCC3C2)c(Cl)c1. The van der Waals surface area contributed by atoms with Gasteiger partial charge in [-0.05, 0) is 56.0 Å². The highest BCUT2D eigenvalue weighted by Crippen LogP contribution is 2.28. The Hall–Kier alpha value is -1.06. The van der Waals surface area contributed by atoms with Crippen molar-refractivity contribution in [2.45, 2.75) is 13.3 Å². The van der Waals surface area contributed by atoms with Crippen LogP contribution in [0.5, 0.6) is 0 Å². The maximum Gasteiger partial charge on any atom is 0.255 e. The number of nitrogens with zero attached hydrogens (tertiary/aromatic N) is 1. The lowest BCUT2D eigenvalue weighted by atomic mass is 9.88. The van der Waals surface area contributed by atoms with Gasteiger partial charge in [0.2, 0.25) is 0 Å². The summed E-state index contributed by atoms with van der Waals surface area (Å²) >= 11 is 6.20. The first-order chi connectivity index (χ1) is 9.15. The van der Waals surface area contributed by atoms with Gasteiger partial charge in [0.1, 0.15) is 0 Å². The van der Waals surface area contributed by atoms with Crippen LogP contribution in [0.3, 0.4) is 0 Å². The number of hydrogen-bond donors (Lipinski definition) is 1. The highest BCUT2D eigenvalue weighted by Gasteiger charge is 2.34. The normalized spacial score (nSPS) is 26.3. The van der Waals surface area contributed by atoms with E-state index in [2.05, 4.69) is 5.32 Å². The molecule has 1 aromatic carbocycles. The van der Waals surface area contributed by atoms with E-state index < -0.39 is 0 Å². The van der Waals surface area contributed by atoms with Gasteiger partial charge in [-0.3, -0.25) is 4.79 Å². The highest BCUT2D eigenvalue weighted by atomic mass is 35.5. The molecule has 1 aromatic rings. The van der Waals surface area contributed by atoms with E-state index >= 15 is 0 Å². The Balaban J connectivity index is 1.76. The van der Waals surface area contributed by atoms with E-state index in [1.54, 1.807) is 0 Å². The van der Waals surface area contributed by atoms with Gasteiger partial charge < -0.3 is 10.2 Å². The van der Waals surface area contributed by atoms with Crippen LogP contribution in [-0.4, -0.2) is 37.0 Å². The molecular formula is C15H19ClN2O. The van der Waals surface area contributed by atoms with E-state index in [1.165, 1.54) is 0 Å². The van der Waals surface area contributed by atoms with Gasteiger partial charge in [0, 0.05) is 13.1 Å². The van der Waals surface area contributed by atoms with Gasteiger partial charge in [-0.2, -0.15) is 0 Å². The number of benzene rings is 1. The second-order valence-electron chi connectivity index (χ2n) is 5.70. The highest BCUT2D eigenvalue weighted by molar-refractivity contribution is 6.33. The van der Waals surface area contributed by atoms with Crippen LogP contribution >= 0.6 is 11.6 Å². The Kier molecular flexibility index (Phi) is 3.50. The van der Waals surface area contributed by atoms with Gasteiger partial charge >= 0.3 is 0 Å². The van der Waals surface area contributed by atoms with Crippen LogP contribution in [0.15, 0.2) is 18.2 Å². The average Bonchev–Trinajstić information content (AvgIpc) is 2.85. The molecule has 0 spiro atoms. The number of hydrogen-bond acceptors (Lipinski definition) is 2. The maximum atomic E-state index is 12.5. The predicted octanol–water partition coefficient (Wildman–Crippen LogP) is 2.33. The van der Waals surface area contributed by atoms with Gasteiger partial charge in [-0.25, -0.2) is 0 Å². The van der Waals surface area contributed by atoms with Gasteiger partial charge in [0.15, 0.2) is 0 Å². The minimum absolute atomic E-state index is 0.0790. The number of halogens is 1. The Labute approximate surface area is 118 Å². The van der Waals surface area contributed by atoms with E-state index in [9.17, 15) is 4.79 Å². The second kappa shape index (κ2) is 5.14. The van der Waals surface area contributed by atoms with Gasteiger partial charge in [0.05, 0.1) is 10.6 Å². The molecule has 0 aromatic heterocycles. The van der Waals surface area contributed by atoms with Crippen LogP contribution < -0.4 is 5.32 Å². The number of amides is 1. The number of likely N-dealkylation sites (tertiary alicyclic amines) is 1. The molecule has 2 aliphatic heterocycles. The molecule has 0 saturated carbocycles. The molecule has 2 unspecified atom stereocenters. The Bertz CT molecular complexity index is 503. The summed E-state index contributed by atoms with van der Waals surface area (Å²) in [5.41, 5.74) is 1.72. The van der Waals surface area contributed by atoms with E-state index in [1.807, 2.05) is 30.0 Å². The summed E-state index contributed by atoms with van der Waals surface area (Å²) < 4.78 is 0. The first-order valence-electron chi connectivity index (χ1n) is 6.91. The minimum Gasteiger partial charge on any atom is -0.338 e. The zero-order chi connectivity index (χ0) is 13.4. The smallest absolute Gasteiger partial charge is 0.255 e.